The topological polar surface area (TPSA) is 17.1 Å². The minimum absolute atomic E-state index is 0.103. The Morgan fingerprint density at radius 2 is 2.06 bits per heavy atom. The van der Waals surface area contributed by atoms with E-state index in [0.29, 0.717) is 17.4 Å². The van der Waals surface area contributed by atoms with E-state index in [4.69, 9.17) is 11.6 Å². The first kappa shape index (κ1) is 11.2. The molecule has 2 aliphatic carbocycles. The van der Waals surface area contributed by atoms with E-state index in [2.05, 4.69) is 0 Å². The highest BCUT2D eigenvalue weighted by Gasteiger charge is 2.55. The monoisotopic (exact) mass is 252 g/mol. The van der Waals surface area contributed by atoms with Crippen LogP contribution in [0.5, 0.6) is 0 Å². The lowest BCUT2D eigenvalue weighted by atomic mass is 10.0. The normalized spacial score (nSPS) is 30.1. The molecular formula is C14H14ClFO. The molecule has 2 aliphatic rings. The van der Waals surface area contributed by atoms with Gasteiger partial charge in [-0.1, -0.05) is 30.2 Å². The van der Waals surface area contributed by atoms with Crippen LogP contribution in [0.3, 0.4) is 0 Å². The minimum Gasteiger partial charge on any atom is -0.299 e. The number of benzene rings is 1. The van der Waals surface area contributed by atoms with E-state index in [9.17, 15) is 9.18 Å². The molecule has 0 aromatic heterocycles. The van der Waals surface area contributed by atoms with Gasteiger partial charge in [0.15, 0.2) is 0 Å². The molecule has 0 saturated heterocycles. The Balaban J connectivity index is 1.71. The molecule has 3 rings (SSSR count). The minimum atomic E-state index is -0.437. The van der Waals surface area contributed by atoms with E-state index in [0.717, 1.165) is 0 Å². The maximum absolute atomic E-state index is 13.7. The summed E-state index contributed by atoms with van der Waals surface area (Å²) in [6.07, 6.45) is 3.81. The molecule has 17 heavy (non-hydrogen) atoms. The lowest BCUT2D eigenvalue weighted by Gasteiger charge is -2.05. The van der Waals surface area contributed by atoms with Crippen molar-refractivity contribution in [3.05, 3.63) is 34.6 Å². The molecule has 0 aliphatic heterocycles. The number of ketones is 1. The summed E-state index contributed by atoms with van der Waals surface area (Å²) in [5, 5.41) is 0.103. The molecule has 0 amide bonds. The second kappa shape index (κ2) is 4.09. The molecule has 0 N–H and O–H groups in total. The van der Waals surface area contributed by atoms with Gasteiger partial charge in [0.25, 0.3) is 0 Å². The van der Waals surface area contributed by atoms with Crippen molar-refractivity contribution < 1.29 is 9.18 Å². The van der Waals surface area contributed by atoms with Crippen LogP contribution >= 0.6 is 11.6 Å². The first-order valence-electron chi connectivity index (χ1n) is 6.14. The van der Waals surface area contributed by atoms with Gasteiger partial charge in [-0.05, 0) is 36.3 Å². The summed E-state index contributed by atoms with van der Waals surface area (Å²) in [5.74, 6) is 1.17. The molecule has 2 atom stereocenters. The van der Waals surface area contributed by atoms with Crippen molar-refractivity contribution in [2.75, 3.05) is 0 Å². The zero-order chi connectivity index (χ0) is 12.0. The smallest absolute Gasteiger partial charge is 0.145 e. The van der Waals surface area contributed by atoms with E-state index in [1.807, 2.05) is 0 Å². The van der Waals surface area contributed by atoms with Crippen LogP contribution in [0.25, 0.3) is 0 Å². The molecule has 1 aromatic carbocycles. The van der Waals surface area contributed by atoms with Crippen molar-refractivity contribution in [1.29, 1.82) is 0 Å². The van der Waals surface area contributed by atoms with Crippen molar-refractivity contribution in [3.63, 3.8) is 0 Å². The van der Waals surface area contributed by atoms with Crippen LogP contribution in [-0.2, 0) is 11.2 Å². The molecule has 0 heterocycles. The maximum Gasteiger partial charge on any atom is 0.145 e. The Morgan fingerprint density at radius 1 is 1.35 bits per heavy atom. The number of carbonyl (C=O) groups is 1. The SMILES string of the molecule is O=C(Cc1cccc(Cl)c1F)C1C2CCCC21. The predicted octanol–water partition coefficient (Wildman–Crippen LogP) is 3.64. The van der Waals surface area contributed by atoms with E-state index in [1.165, 1.54) is 25.3 Å². The molecular weight excluding hydrogens is 239 g/mol. The summed E-state index contributed by atoms with van der Waals surface area (Å²) in [7, 11) is 0. The Labute approximate surface area is 105 Å². The van der Waals surface area contributed by atoms with Crippen LogP contribution in [-0.4, -0.2) is 5.78 Å². The van der Waals surface area contributed by atoms with Gasteiger partial charge >= 0.3 is 0 Å². The standard InChI is InChI=1S/C14H14ClFO/c15-11-6-1-3-8(14(11)16)7-12(17)13-9-4-2-5-10(9)13/h1,3,6,9-10,13H,2,4-5,7H2. The molecule has 2 saturated carbocycles. The van der Waals surface area contributed by atoms with Crippen LogP contribution in [0.2, 0.25) is 5.02 Å². The average Bonchev–Trinajstić information content (AvgIpc) is 2.79. The largest absolute Gasteiger partial charge is 0.299 e. The zero-order valence-electron chi connectivity index (χ0n) is 9.46. The van der Waals surface area contributed by atoms with Gasteiger partial charge in [-0.3, -0.25) is 4.79 Å². The summed E-state index contributed by atoms with van der Waals surface area (Å²) < 4.78 is 13.7. The van der Waals surface area contributed by atoms with Crippen molar-refractivity contribution in [2.45, 2.75) is 25.7 Å². The lowest BCUT2D eigenvalue weighted by molar-refractivity contribution is -0.120. The molecule has 1 aromatic rings. The molecule has 3 heteroatoms. The van der Waals surface area contributed by atoms with Gasteiger partial charge in [0.1, 0.15) is 11.6 Å². The first-order valence-corrected chi connectivity index (χ1v) is 6.52. The number of Topliss-reactive ketones (excluding diaryl/α,β-unsaturated/α-hetero) is 1. The maximum atomic E-state index is 13.7. The summed E-state index contributed by atoms with van der Waals surface area (Å²) >= 11 is 5.70. The number of halogens is 2. The molecule has 0 radical (unpaired) electrons. The number of fused-ring (bicyclic) bond motifs is 1. The Hall–Kier alpha value is -0.890. The number of hydrogen-bond acceptors (Lipinski definition) is 1. The summed E-state index contributed by atoms with van der Waals surface area (Å²) in [4.78, 5) is 12.0. The number of carbonyl (C=O) groups excluding carboxylic acids is 1. The van der Waals surface area contributed by atoms with E-state index < -0.39 is 5.82 Å². The first-order chi connectivity index (χ1) is 8.18. The predicted molar refractivity (Wildman–Crippen MR) is 64.4 cm³/mol. The Bertz CT molecular complexity index is 461. The van der Waals surface area contributed by atoms with E-state index >= 15 is 0 Å². The zero-order valence-corrected chi connectivity index (χ0v) is 10.2. The van der Waals surface area contributed by atoms with Crippen LogP contribution in [0.4, 0.5) is 4.39 Å². The van der Waals surface area contributed by atoms with Crippen LogP contribution in [0, 0.1) is 23.6 Å². The van der Waals surface area contributed by atoms with Crippen LogP contribution in [0.15, 0.2) is 18.2 Å². The lowest BCUT2D eigenvalue weighted by Crippen LogP contribution is -2.10. The van der Waals surface area contributed by atoms with Crippen molar-refractivity contribution >= 4 is 17.4 Å². The summed E-state index contributed by atoms with van der Waals surface area (Å²) in [6.45, 7) is 0. The van der Waals surface area contributed by atoms with E-state index in [-0.39, 0.29) is 23.1 Å². The second-order valence-corrected chi connectivity index (χ2v) is 5.55. The van der Waals surface area contributed by atoms with Crippen molar-refractivity contribution in [1.82, 2.24) is 0 Å². The van der Waals surface area contributed by atoms with Crippen molar-refractivity contribution in [3.8, 4) is 0 Å². The average molecular weight is 253 g/mol. The third-order valence-corrected chi connectivity index (χ3v) is 4.47. The van der Waals surface area contributed by atoms with Crippen LogP contribution < -0.4 is 0 Å². The fourth-order valence-electron chi connectivity index (χ4n) is 3.29. The fraction of sp³-hybridized carbons (Fsp3) is 0.500. The van der Waals surface area contributed by atoms with Crippen LogP contribution in [0.1, 0.15) is 24.8 Å². The molecule has 2 unspecified atom stereocenters. The summed E-state index contributed by atoms with van der Waals surface area (Å²) in [5.41, 5.74) is 0.437. The van der Waals surface area contributed by atoms with Gasteiger partial charge in [-0.25, -0.2) is 4.39 Å². The molecule has 0 spiro atoms. The molecule has 2 fully saturated rings. The second-order valence-electron chi connectivity index (χ2n) is 5.14. The van der Waals surface area contributed by atoms with Gasteiger partial charge in [-0.15, -0.1) is 0 Å². The quantitative estimate of drug-likeness (QED) is 0.803. The number of rotatable bonds is 3. The van der Waals surface area contributed by atoms with Gasteiger partial charge in [-0.2, -0.15) is 0 Å². The number of hydrogen-bond donors (Lipinski definition) is 0. The van der Waals surface area contributed by atoms with Gasteiger partial charge < -0.3 is 0 Å². The third-order valence-electron chi connectivity index (χ3n) is 4.17. The Kier molecular flexibility index (Phi) is 2.70. The Morgan fingerprint density at radius 3 is 2.76 bits per heavy atom. The van der Waals surface area contributed by atoms with E-state index in [1.54, 1.807) is 12.1 Å². The highest BCUT2D eigenvalue weighted by molar-refractivity contribution is 6.30. The van der Waals surface area contributed by atoms with Gasteiger partial charge in [0.05, 0.1) is 5.02 Å². The fourth-order valence-corrected chi connectivity index (χ4v) is 3.48. The van der Waals surface area contributed by atoms with Gasteiger partial charge in [0, 0.05) is 12.3 Å². The van der Waals surface area contributed by atoms with Crippen molar-refractivity contribution in [2.24, 2.45) is 17.8 Å². The summed E-state index contributed by atoms with van der Waals surface area (Å²) in [6, 6.07) is 4.86. The molecule has 0 bridgehead atoms. The molecule has 90 valence electrons. The molecule has 1 nitrogen and oxygen atoms in total. The highest BCUT2D eigenvalue weighted by Crippen LogP contribution is 2.58. The third kappa shape index (κ3) is 1.89. The highest BCUT2D eigenvalue weighted by atomic mass is 35.5. The van der Waals surface area contributed by atoms with Gasteiger partial charge in [0.2, 0.25) is 0 Å².